The number of hydrogen-bond acceptors (Lipinski definition) is 8. The molecular weight excluding hydrogens is 424 g/mol. The predicted octanol–water partition coefficient (Wildman–Crippen LogP) is 2.20. The summed E-state index contributed by atoms with van der Waals surface area (Å²) in [5.41, 5.74) is 10.5. The van der Waals surface area contributed by atoms with Crippen LogP contribution in [0.15, 0.2) is 59.4 Å². The van der Waals surface area contributed by atoms with Gasteiger partial charge in [0.2, 0.25) is 0 Å². The average molecular weight is 453 g/mol. The second kappa shape index (κ2) is 11.6. The third-order valence-corrected chi connectivity index (χ3v) is 5.08. The molecule has 1 amide bonds. The molecular formula is C24H28N4O5. The summed E-state index contributed by atoms with van der Waals surface area (Å²) in [5, 5.41) is 10.6. The van der Waals surface area contributed by atoms with Crippen LogP contribution >= 0.6 is 0 Å². The van der Waals surface area contributed by atoms with Gasteiger partial charge in [-0.1, -0.05) is 41.6 Å². The zero-order valence-corrected chi connectivity index (χ0v) is 18.3. The summed E-state index contributed by atoms with van der Waals surface area (Å²) in [5.74, 6) is -0.170. The molecule has 0 spiro atoms. The van der Waals surface area contributed by atoms with Crippen molar-refractivity contribution < 1.29 is 23.8 Å². The highest BCUT2D eigenvalue weighted by Gasteiger charge is 2.33. The Balaban J connectivity index is 1.34. The van der Waals surface area contributed by atoms with E-state index in [1.807, 2.05) is 48.5 Å². The van der Waals surface area contributed by atoms with Crippen molar-refractivity contribution in [2.45, 2.75) is 0 Å². The largest absolute Gasteiger partial charge is 0.393 e. The number of benzene rings is 2. The third-order valence-electron chi connectivity index (χ3n) is 5.08. The van der Waals surface area contributed by atoms with E-state index in [9.17, 15) is 4.79 Å². The second-order valence-electron chi connectivity index (χ2n) is 7.32. The lowest BCUT2D eigenvalue weighted by molar-refractivity contribution is -0.110. The van der Waals surface area contributed by atoms with Crippen LogP contribution in [0, 0.1) is 0 Å². The number of carbonyl (C=O) groups excluding carboxylic acids is 1. The van der Waals surface area contributed by atoms with Crippen molar-refractivity contribution >= 4 is 28.6 Å². The molecule has 0 aliphatic carbocycles. The predicted molar refractivity (Wildman–Crippen MR) is 126 cm³/mol. The summed E-state index contributed by atoms with van der Waals surface area (Å²) in [6.45, 7) is 3.64. The number of carbonyl (C=O) groups is 1. The highest BCUT2D eigenvalue weighted by Crippen LogP contribution is 2.38. The summed E-state index contributed by atoms with van der Waals surface area (Å²) >= 11 is 0. The van der Waals surface area contributed by atoms with Crippen LogP contribution < -0.4 is 16.4 Å². The van der Waals surface area contributed by atoms with Gasteiger partial charge in [0.15, 0.2) is 0 Å². The Hall–Kier alpha value is -3.24. The number of ether oxygens (including phenoxy) is 3. The summed E-state index contributed by atoms with van der Waals surface area (Å²) < 4.78 is 16.1. The second-order valence-corrected chi connectivity index (χ2v) is 7.32. The van der Waals surface area contributed by atoms with E-state index in [4.69, 9.17) is 24.8 Å². The van der Waals surface area contributed by atoms with Crippen LogP contribution in [-0.4, -0.2) is 64.4 Å². The van der Waals surface area contributed by atoms with Crippen LogP contribution in [0.4, 0.5) is 11.4 Å². The van der Waals surface area contributed by atoms with E-state index < -0.39 is 0 Å². The number of anilines is 2. The van der Waals surface area contributed by atoms with Gasteiger partial charge in [0.25, 0.3) is 5.91 Å². The first-order valence-corrected chi connectivity index (χ1v) is 10.9. The number of oxime groups is 1. The maximum absolute atomic E-state index is 12.7. The number of para-hydroxylation sites is 2. The fourth-order valence-electron chi connectivity index (χ4n) is 3.60. The van der Waals surface area contributed by atoms with Gasteiger partial charge in [-0.05, 0) is 12.1 Å². The van der Waals surface area contributed by atoms with Gasteiger partial charge >= 0.3 is 0 Å². The quantitative estimate of drug-likeness (QED) is 0.257. The Morgan fingerprint density at radius 1 is 0.727 bits per heavy atom. The maximum Gasteiger partial charge on any atom is 0.258 e. The van der Waals surface area contributed by atoms with Crippen LogP contribution in [0.25, 0.3) is 5.57 Å². The molecule has 0 saturated carbocycles. The number of nitrogens with zero attached hydrogens (tertiary/aromatic N) is 1. The first-order chi connectivity index (χ1) is 16.3. The number of nitrogens with two attached hydrogens (primary N) is 1. The highest BCUT2D eigenvalue weighted by molar-refractivity contribution is 6.39. The molecule has 0 radical (unpaired) electrons. The molecule has 2 aliphatic rings. The highest BCUT2D eigenvalue weighted by atomic mass is 16.6. The van der Waals surface area contributed by atoms with E-state index in [-0.39, 0.29) is 12.5 Å². The average Bonchev–Trinajstić information content (AvgIpc) is 3.36. The van der Waals surface area contributed by atoms with Gasteiger partial charge in [0.05, 0.1) is 50.9 Å². The van der Waals surface area contributed by atoms with Crippen molar-refractivity contribution in [2.75, 3.05) is 63.4 Å². The Labute approximate surface area is 192 Å². The van der Waals surface area contributed by atoms with Crippen molar-refractivity contribution in [3.8, 4) is 0 Å². The SMILES string of the molecule is NCCOCCOCCOCCO/N=C1/C(=C2/C(=O)Nc3ccccc32)Nc2ccccc21. The van der Waals surface area contributed by atoms with Crippen LogP contribution in [0.3, 0.4) is 0 Å². The van der Waals surface area contributed by atoms with Gasteiger partial charge in [-0.25, -0.2) is 0 Å². The van der Waals surface area contributed by atoms with Crippen LogP contribution in [-0.2, 0) is 23.8 Å². The summed E-state index contributed by atoms with van der Waals surface area (Å²) in [6.07, 6.45) is 0. The lowest BCUT2D eigenvalue weighted by Gasteiger charge is -2.08. The number of nitrogens with one attached hydrogen (secondary N) is 2. The fraction of sp³-hybridized carbons (Fsp3) is 0.333. The topological polar surface area (TPSA) is 116 Å². The minimum Gasteiger partial charge on any atom is -0.393 e. The first-order valence-electron chi connectivity index (χ1n) is 10.9. The van der Waals surface area contributed by atoms with Gasteiger partial charge in [-0.15, -0.1) is 0 Å². The monoisotopic (exact) mass is 452 g/mol. The molecule has 4 rings (SSSR count). The van der Waals surface area contributed by atoms with Crippen LogP contribution in [0.2, 0.25) is 0 Å². The van der Waals surface area contributed by atoms with Gasteiger partial charge in [0.1, 0.15) is 12.3 Å². The lowest BCUT2D eigenvalue weighted by Crippen LogP contribution is -2.14. The molecule has 4 N–H and O–H groups in total. The minimum atomic E-state index is -0.170. The minimum absolute atomic E-state index is 0.170. The molecule has 2 heterocycles. The van der Waals surface area contributed by atoms with Crippen LogP contribution in [0.1, 0.15) is 11.1 Å². The maximum atomic E-state index is 12.7. The van der Waals surface area contributed by atoms with Gasteiger partial charge in [-0.2, -0.15) is 0 Å². The number of amides is 1. The standard InChI is InChI=1S/C24H28N4O5/c25-9-10-30-11-12-31-13-14-32-15-16-33-28-22-18-6-2-4-8-20(18)26-23(22)21-17-5-1-3-7-19(17)27-24(21)29/h1-8,26H,9-16,25H2,(H,27,29)/b23-21-,28-22+. The van der Waals surface area contributed by atoms with E-state index in [1.54, 1.807) is 0 Å². The molecule has 0 bridgehead atoms. The zero-order valence-electron chi connectivity index (χ0n) is 18.3. The Bertz CT molecular complexity index is 1040. The van der Waals surface area contributed by atoms with Crippen LogP contribution in [0.5, 0.6) is 0 Å². The molecule has 0 fully saturated rings. The fourth-order valence-corrected chi connectivity index (χ4v) is 3.60. The van der Waals surface area contributed by atoms with Crippen molar-refractivity contribution in [1.29, 1.82) is 0 Å². The van der Waals surface area contributed by atoms with E-state index in [0.717, 1.165) is 22.5 Å². The van der Waals surface area contributed by atoms with E-state index in [2.05, 4.69) is 15.8 Å². The first kappa shape index (κ1) is 22.9. The van der Waals surface area contributed by atoms with Gasteiger partial charge in [0, 0.05) is 29.0 Å². The Morgan fingerprint density at radius 2 is 1.30 bits per heavy atom. The van der Waals surface area contributed by atoms with E-state index in [0.29, 0.717) is 63.2 Å². The Kier molecular flexibility index (Phi) is 8.04. The van der Waals surface area contributed by atoms with Crippen molar-refractivity contribution in [3.63, 3.8) is 0 Å². The normalized spacial score (nSPS) is 17.6. The molecule has 2 aromatic carbocycles. The molecule has 2 aliphatic heterocycles. The molecule has 0 aromatic heterocycles. The Morgan fingerprint density at radius 3 is 2.00 bits per heavy atom. The van der Waals surface area contributed by atoms with Gasteiger partial charge < -0.3 is 35.4 Å². The van der Waals surface area contributed by atoms with Crippen molar-refractivity contribution in [1.82, 2.24) is 0 Å². The van der Waals surface area contributed by atoms with E-state index in [1.165, 1.54) is 0 Å². The van der Waals surface area contributed by atoms with E-state index >= 15 is 0 Å². The molecule has 33 heavy (non-hydrogen) atoms. The third kappa shape index (κ3) is 5.58. The van der Waals surface area contributed by atoms with Crippen molar-refractivity contribution in [3.05, 3.63) is 65.4 Å². The smallest absolute Gasteiger partial charge is 0.258 e. The molecule has 0 atom stereocenters. The lowest BCUT2D eigenvalue weighted by atomic mass is 10.0. The number of rotatable bonds is 12. The summed E-state index contributed by atoms with van der Waals surface area (Å²) in [6, 6.07) is 15.3. The number of allylic oxidation sites excluding steroid dienone is 1. The summed E-state index contributed by atoms with van der Waals surface area (Å²) in [4.78, 5) is 18.3. The van der Waals surface area contributed by atoms with Crippen molar-refractivity contribution in [2.24, 2.45) is 10.9 Å². The molecule has 0 unspecified atom stereocenters. The molecule has 9 heteroatoms. The van der Waals surface area contributed by atoms with Gasteiger partial charge in [-0.3, -0.25) is 4.79 Å². The number of fused-ring (bicyclic) bond motifs is 2. The molecule has 174 valence electrons. The summed E-state index contributed by atoms with van der Waals surface area (Å²) in [7, 11) is 0. The number of hydrogen-bond donors (Lipinski definition) is 3. The molecule has 9 nitrogen and oxygen atoms in total. The molecule has 2 aromatic rings. The zero-order chi connectivity index (χ0) is 22.9. The molecule has 0 saturated heterocycles.